The molecule has 2 aromatic rings. The Hall–Kier alpha value is -2.49. The Kier molecular flexibility index (Phi) is 5.63. The summed E-state index contributed by atoms with van der Waals surface area (Å²) < 4.78 is 5.67. The molecular formula is C19H23NO3. The summed E-state index contributed by atoms with van der Waals surface area (Å²) in [7, 11) is 3.88. The zero-order valence-electron chi connectivity index (χ0n) is 13.8. The van der Waals surface area contributed by atoms with E-state index in [-0.39, 0.29) is 0 Å². The summed E-state index contributed by atoms with van der Waals surface area (Å²) >= 11 is 0. The predicted octanol–water partition coefficient (Wildman–Crippen LogP) is 3.70. The van der Waals surface area contributed by atoms with Gasteiger partial charge in [-0.3, -0.25) is 4.79 Å². The van der Waals surface area contributed by atoms with Gasteiger partial charge in [0.15, 0.2) is 0 Å². The summed E-state index contributed by atoms with van der Waals surface area (Å²) in [5, 5.41) is 9.52. The molecule has 0 aliphatic heterocycles. The molecule has 0 saturated heterocycles. The lowest BCUT2D eigenvalue weighted by molar-refractivity contribution is -0.139. The van der Waals surface area contributed by atoms with E-state index in [9.17, 15) is 9.90 Å². The average molecular weight is 313 g/mol. The van der Waals surface area contributed by atoms with Gasteiger partial charge in [-0.1, -0.05) is 29.8 Å². The number of ether oxygens (including phenoxy) is 1. The molecule has 1 unspecified atom stereocenters. The largest absolute Gasteiger partial charge is 0.494 e. The van der Waals surface area contributed by atoms with Gasteiger partial charge in [-0.15, -0.1) is 0 Å². The lowest BCUT2D eigenvalue weighted by atomic mass is 9.95. The van der Waals surface area contributed by atoms with Crippen molar-refractivity contribution in [3.8, 4) is 5.75 Å². The first-order valence-corrected chi connectivity index (χ1v) is 7.67. The number of aliphatic carboxylic acids is 1. The molecule has 0 aliphatic carbocycles. The first-order valence-electron chi connectivity index (χ1n) is 7.67. The molecule has 0 spiro atoms. The molecule has 0 radical (unpaired) electrons. The second-order valence-corrected chi connectivity index (χ2v) is 5.83. The maximum atomic E-state index is 11.6. The van der Waals surface area contributed by atoms with Crippen LogP contribution in [-0.2, 0) is 4.79 Å². The van der Waals surface area contributed by atoms with Crippen LogP contribution in [0.25, 0.3) is 0 Å². The van der Waals surface area contributed by atoms with E-state index in [4.69, 9.17) is 4.74 Å². The second kappa shape index (κ2) is 7.68. The van der Waals surface area contributed by atoms with Crippen molar-refractivity contribution in [3.05, 3.63) is 59.7 Å². The highest BCUT2D eigenvalue weighted by molar-refractivity contribution is 5.76. The van der Waals surface area contributed by atoms with Crippen molar-refractivity contribution in [2.24, 2.45) is 0 Å². The van der Waals surface area contributed by atoms with Crippen molar-refractivity contribution in [1.29, 1.82) is 0 Å². The minimum atomic E-state index is -0.826. The third kappa shape index (κ3) is 4.74. The van der Waals surface area contributed by atoms with Crippen LogP contribution >= 0.6 is 0 Å². The van der Waals surface area contributed by atoms with Gasteiger partial charge in [0.25, 0.3) is 0 Å². The van der Waals surface area contributed by atoms with Crippen LogP contribution < -0.4 is 9.64 Å². The molecule has 2 aromatic carbocycles. The van der Waals surface area contributed by atoms with Crippen molar-refractivity contribution in [1.82, 2.24) is 0 Å². The topological polar surface area (TPSA) is 49.8 Å². The number of carbonyl (C=O) groups is 1. The number of carboxylic acid groups (broad SMARTS) is 1. The zero-order chi connectivity index (χ0) is 16.8. The second-order valence-electron chi connectivity index (χ2n) is 5.83. The normalized spacial score (nSPS) is 11.8. The number of carboxylic acids is 1. The Morgan fingerprint density at radius 2 is 1.87 bits per heavy atom. The Labute approximate surface area is 137 Å². The Morgan fingerprint density at radius 3 is 2.48 bits per heavy atom. The van der Waals surface area contributed by atoms with Crippen LogP contribution in [0.3, 0.4) is 0 Å². The molecule has 0 aliphatic rings. The minimum Gasteiger partial charge on any atom is -0.494 e. The van der Waals surface area contributed by atoms with E-state index in [2.05, 4.69) is 0 Å². The molecule has 0 bridgehead atoms. The summed E-state index contributed by atoms with van der Waals surface area (Å²) in [4.78, 5) is 13.6. The molecule has 0 aromatic heterocycles. The van der Waals surface area contributed by atoms with Crippen LogP contribution in [0.2, 0.25) is 0 Å². The quantitative estimate of drug-likeness (QED) is 0.847. The minimum absolute atomic E-state index is 0.367. The van der Waals surface area contributed by atoms with Crippen molar-refractivity contribution in [2.75, 3.05) is 25.6 Å². The van der Waals surface area contributed by atoms with E-state index < -0.39 is 11.9 Å². The maximum absolute atomic E-state index is 11.6. The average Bonchev–Trinajstić information content (AvgIpc) is 2.53. The maximum Gasteiger partial charge on any atom is 0.311 e. The molecule has 4 nitrogen and oxygen atoms in total. The molecule has 1 atom stereocenters. The molecule has 2 rings (SSSR count). The number of nitrogens with zero attached hydrogens (tertiary/aromatic N) is 1. The summed E-state index contributed by atoms with van der Waals surface area (Å²) in [5.41, 5.74) is 2.96. The summed E-state index contributed by atoms with van der Waals surface area (Å²) in [5.74, 6) is -0.629. The van der Waals surface area contributed by atoms with Gasteiger partial charge in [-0.25, -0.2) is 0 Å². The van der Waals surface area contributed by atoms with Gasteiger partial charge in [0.05, 0.1) is 12.5 Å². The van der Waals surface area contributed by atoms with Gasteiger partial charge in [-0.05, 0) is 43.2 Å². The van der Waals surface area contributed by atoms with E-state index in [0.29, 0.717) is 13.0 Å². The zero-order valence-corrected chi connectivity index (χ0v) is 13.8. The van der Waals surface area contributed by atoms with Gasteiger partial charge in [0.2, 0.25) is 0 Å². The smallest absolute Gasteiger partial charge is 0.311 e. The van der Waals surface area contributed by atoms with Gasteiger partial charge < -0.3 is 14.7 Å². The van der Waals surface area contributed by atoms with Crippen LogP contribution in [0.1, 0.15) is 23.5 Å². The monoisotopic (exact) mass is 313 g/mol. The first kappa shape index (κ1) is 16.9. The summed E-state index contributed by atoms with van der Waals surface area (Å²) in [6.45, 7) is 2.38. The van der Waals surface area contributed by atoms with Crippen molar-refractivity contribution >= 4 is 11.7 Å². The number of aryl methyl sites for hydroxylation is 1. The molecular weight excluding hydrogens is 290 g/mol. The number of anilines is 1. The van der Waals surface area contributed by atoms with E-state index in [1.165, 1.54) is 5.56 Å². The summed E-state index contributed by atoms with van der Waals surface area (Å²) in [6.07, 6.45) is 0.431. The fraction of sp³-hybridized carbons (Fsp3) is 0.316. The SMILES string of the molecule is Cc1ccc(OCCC(C(=O)O)c2cccc(N(C)C)c2)cc1. The Morgan fingerprint density at radius 1 is 1.17 bits per heavy atom. The van der Waals surface area contributed by atoms with Gasteiger partial charge >= 0.3 is 5.97 Å². The first-order chi connectivity index (χ1) is 11.0. The molecule has 1 N–H and O–H groups in total. The van der Waals surface area contributed by atoms with Gasteiger partial charge in [0, 0.05) is 19.8 Å². The number of hydrogen-bond donors (Lipinski definition) is 1. The Bertz CT molecular complexity index is 650. The van der Waals surface area contributed by atoms with Gasteiger partial charge in [-0.2, -0.15) is 0 Å². The molecule has 23 heavy (non-hydrogen) atoms. The van der Waals surface area contributed by atoms with Crippen LogP contribution in [-0.4, -0.2) is 31.8 Å². The summed E-state index contributed by atoms with van der Waals surface area (Å²) in [6, 6.07) is 15.4. The highest BCUT2D eigenvalue weighted by Gasteiger charge is 2.20. The van der Waals surface area contributed by atoms with E-state index in [1.807, 2.05) is 74.4 Å². The number of benzene rings is 2. The van der Waals surface area contributed by atoms with Gasteiger partial charge in [0.1, 0.15) is 5.75 Å². The Balaban J connectivity index is 2.03. The van der Waals surface area contributed by atoms with Crippen molar-refractivity contribution in [3.63, 3.8) is 0 Å². The van der Waals surface area contributed by atoms with Crippen LogP contribution in [0.15, 0.2) is 48.5 Å². The standard InChI is InChI=1S/C19H23NO3/c1-14-7-9-17(10-8-14)23-12-11-18(19(21)22)15-5-4-6-16(13-15)20(2)3/h4-10,13,18H,11-12H2,1-3H3,(H,21,22). The number of hydrogen-bond acceptors (Lipinski definition) is 3. The molecule has 0 heterocycles. The fourth-order valence-electron chi connectivity index (χ4n) is 2.38. The molecule has 122 valence electrons. The highest BCUT2D eigenvalue weighted by atomic mass is 16.5. The van der Waals surface area contributed by atoms with E-state index >= 15 is 0 Å². The van der Waals surface area contributed by atoms with E-state index in [1.54, 1.807) is 0 Å². The number of rotatable bonds is 7. The van der Waals surface area contributed by atoms with Crippen LogP contribution in [0, 0.1) is 6.92 Å². The van der Waals surface area contributed by atoms with Crippen LogP contribution in [0.5, 0.6) is 5.75 Å². The lowest BCUT2D eigenvalue weighted by Crippen LogP contribution is -2.16. The molecule has 0 saturated carbocycles. The highest BCUT2D eigenvalue weighted by Crippen LogP contribution is 2.24. The van der Waals surface area contributed by atoms with Crippen molar-refractivity contribution in [2.45, 2.75) is 19.3 Å². The predicted molar refractivity (Wildman–Crippen MR) is 92.4 cm³/mol. The molecule has 0 amide bonds. The lowest BCUT2D eigenvalue weighted by Gasteiger charge is -2.17. The van der Waals surface area contributed by atoms with Crippen LogP contribution in [0.4, 0.5) is 5.69 Å². The third-order valence-corrected chi connectivity index (χ3v) is 3.78. The third-order valence-electron chi connectivity index (χ3n) is 3.78. The molecule has 0 fully saturated rings. The van der Waals surface area contributed by atoms with Crippen molar-refractivity contribution < 1.29 is 14.6 Å². The fourth-order valence-corrected chi connectivity index (χ4v) is 2.38. The molecule has 4 heteroatoms. The van der Waals surface area contributed by atoms with E-state index in [0.717, 1.165) is 17.0 Å².